The van der Waals surface area contributed by atoms with E-state index in [9.17, 15) is 52.7 Å². The third kappa shape index (κ3) is 14.3. The van der Waals surface area contributed by atoms with Crippen LogP contribution in [0, 0.1) is 0 Å². The Kier molecular flexibility index (Phi) is 19.5. The molecule has 0 aliphatic heterocycles. The molecule has 8 aromatic carbocycles. The molecule has 0 unspecified atom stereocenters. The van der Waals surface area contributed by atoms with Gasteiger partial charge in [0.2, 0.25) is 0 Å². The monoisotopic (exact) mass is 1110 g/mol. The molecule has 366 valence electrons. The Morgan fingerprint density at radius 2 is 0.714 bits per heavy atom. The molecule has 0 N–H and O–H groups in total. The first-order valence-electron chi connectivity index (χ1n) is 21.7. The average molecular weight is 1110 g/mol. The van der Waals surface area contributed by atoms with Gasteiger partial charge in [0.1, 0.15) is 0 Å². The predicted molar refractivity (Wildman–Crippen MR) is 258 cm³/mol. The van der Waals surface area contributed by atoms with Crippen molar-refractivity contribution < 1.29 is 73.5 Å². The van der Waals surface area contributed by atoms with Crippen molar-refractivity contribution in [2.75, 3.05) is 0 Å². The van der Waals surface area contributed by atoms with Crippen LogP contribution in [0.2, 0.25) is 13.1 Å². The number of hydrogen-bond donors (Lipinski definition) is 0. The van der Waals surface area contributed by atoms with E-state index in [2.05, 4.69) is 13.1 Å². The second kappa shape index (κ2) is 24.2. The summed E-state index contributed by atoms with van der Waals surface area (Å²) in [5.41, 5.74) is 0.455. The molecule has 0 saturated carbocycles. The Labute approximate surface area is 419 Å². The summed E-state index contributed by atoms with van der Waals surface area (Å²) >= 11 is -0.826. The maximum atomic E-state index is 13.5. The van der Waals surface area contributed by atoms with Gasteiger partial charge in [-0.25, -0.2) is 0 Å². The Bertz CT molecular complexity index is 2680. The molecule has 0 saturated heterocycles. The van der Waals surface area contributed by atoms with E-state index >= 15 is 0 Å². The van der Waals surface area contributed by atoms with Crippen LogP contribution < -0.4 is 0 Å². The van der Waals surface area contributed by atoms with Crippen LogP contribution in [-0.4, -0.2) is 9.52 Å². The topological polar surface area (TPSA) is 0 Å². The molecule has 8 aromatic rings. The average Bonchev–Trinajstić information content (AvgIpc) is 3.95. The maximum absolute atomic E-state index is 13.5. The van der Waals surface area contributed by atoms with Gasteiger partial charge in [-0.15, -0.1) is 69.1 Å². The number of rotatable bonds is 8. The number of alkyl halides is 12. The second-order valence-corrected chi connectivity index (χ2v) is 20.8. The van der Waals surface area contributed by atoms with Crippen molar-refractivity contribution in [2.24, 2.45) is 0 Å². The van der Waals surface area contributed by atoms with E-state index in [4.69, 9.17) is 17.0 Å². The van der Waals surface area contributed by atoms with Gasteiger partial charge in [0, 0.05) is 9.52 Å². The Morgan fingerprint density at radius 1 is 0.429 bits per heavy atom. The van der Waals surface area contributed by atoms with E-state index in [1.54, 1.807) is 12.1 Å². The van der Waals surface area contributed by atoms with E-state index in [-0.39, 0.29) is 23.3 Å². The third-order valence-electron chi connectivity index (χ3n) is 11.0. The van der Waals surface area contributed by atoms with Crippen LogP contribution in [0.3, 0.4) is 0 Å². The van der Waals surface area contributed by atoms with Crippen molar-refractivity contribution in [3.05, 3.63) is 179 Å². The molecule has 0 bridgehead atoms. The first kappa shape index (κ1) is 56.3. The summed E-state index contributed by atoms with van der Waals surface area (Å²) in [7, 11) is 11.0. The molecule has 16 heteroatoms. The van der Waals surface area contributed by atoms with Crippen LogP contribution in [-0.2, 0) is 58.4 Å². The standard InChI is InChI=1S/2C26H19F6.C2H6Si.2ClH.Zr/c2*1-2-6-17-9-10-18-11-19(16-7-4-3-5-8-16)14-23(18)24(17)20-12-21(25(27,28)29)15-22(13-20)26(30,31)32;1-3-2;;;/h2*3-5,7-15H,2,6H2,1H3;1-2H3;2*1H;/q2*-1;;;;+4/p-2. The van der Waals surface area contributed by atoms with Crippen LogP contribution in [0.1, 0.15) is 60.1 Å². The predicted octanol–water partition coefficient (Wildman–Crippen LogP) is 19.9. The number of aryl methyl sites for hydroxylation is 2. The van der Waals surface area contributed by atoms with Crippen LogP contribution in [0.25, 0.3) is 66.1 Å². The van der Waals surface area contributed by atoms with Crippen LogP contribution >= 0.6 is 17.0 Å². The summed E-state index contributed by atoms with van der Waals surface area (Å²) in [5.74, 6) is 0. The molecule has 0 fully saturated rings. The molecule has 0 aliphatic carbocycles. The minimum atomic E-state index is -4.89. The van der Waals surface area contributed by atoms with Crippen molar-refractivity contribution in [1.82, 2.24) is 0 Å². The number of hydrogen-bond acceptors (Lipinski definition) is 0. The fourth-order valence-corrected chi connectivity index (χ4v) is 8.08. The van der Waals surface area contributed by atoms with E-state index in [1.807, 2.05) is 111 Å². The third-order valence-corrected chi connectivity index (χ3v) is 11.0. The van der Waals surface area contributed by atoms with Crippen LogP contribution in [0.5, 0.6) is 0 Å². The first-order chi connectivity index (χ1) is 33.0. The summed E-state index contributed by atoms with van der Waals surface area (Å²) in [6.07, 6.45) is -17.1. The second-order valence-electron chi connectivity index (χ2n) is 16.1. The van der Waals surface area contributed by atoms with Crippen molar-refractivity contribution in [1.29, 1.82) is 0 Å². The Hall–Kier alpha value is -4.62. The van der Waals surface area contributed by atoms with E-state index in [0.717, 1.165) is 77.9 Å². The van der Waals surface area contributed by atoms with Gasteiger partial charge in [-0.1, -0.05) is 135 Å². The number of halogens is 14. The van der Waals surface area contributed by atoms with E-state index in [0.29, 0.717) is 47.6 Å². The summed E-state index contributed by atoms with van der Waals surface area (Å²) < 4.78 is 162. The molecule has 2 radical (unpaired) electrons. The molecule has 0 heterocycles. The van der Waals surface area contributed by atoms with Crippen LogP contribution in [0.15, 0.2) is 146 Å². The van der Waals surface area contributed by atoms with Crippen molar-refractivity contribution >= 4 is 48.1 Å². The molecule has 0 aliphatic rings. The fraction of sp³-hybridized carbons (Fsp3) is 0.222. The van der Waals surface area contributed by atoms with Crippen molar-refractivity contribution in [3.63, 3.8) is 0 Å². The summed E-state index contributed by atoms with van der Waals surface area (Å²) in [4.78, 5) is 0. The van der Waals surface area contributed by atoms with Crippen molar-refractivity contribution in [2.45, 2.75) is 77.3 Å². The number of benzene rings is 6. The zero-order valence-electron chi connectivity index (χ0n) is 38.0. The summed E-state index contributed by atoms with van der Waals surface area (Å²) in [6, 6.07) is 37.3. The molecule has 0 aromatic heterocycles. The molecule has 70 heavy (non-hydrogen) atoms. The Balaban J connectivity index is 0.000000235. The quantitative estimate of drug-likeness (QED) is 0.0808. The van der Waals surface area contributed by atoms with E-state index in [1.165, 1.54) is 0 Å². The van der Waals surface area contributed by atoms with Gasteiger partial charge in [0.15, 0.2) is 0 Å². The molecule has 0 atom stereocenters. The van der Waals surface area contributed by atoms with Gasteiger partial charge in [-0.05, 0) is 71.5 Å². The Morgan fingerprint density at radius 3 is 0.971 bits per heavy atom. The zero-order valence-corrected chi connectivity index (χ0v) is 42.9. The van der Waals surface area contributed by atoms with Gasteiger partial charge >= 0.3 is 62.6 Å². The van der Waals surface area contributed by atoms with Gasteiger partial charge in [-0.2, -0.15) is 52.7 Å². The molecule has 0 nitrogen and oxygen atoms in total. The molecular weight excluding hydrogens is 1070 g/mol. The van der Waals surface area contributed by atoms with Crippen molar-refractivity contribution in [3.8, 4) is 44.5 Å². The normalized spacial score (nSPS) is 11.8. The zero-order chi connectivity index (χ0) is 51.6. The molecule has 0 amide bonds. The summed E-state index contributed by atoms with van der Waals surface area (Å²) in [6.45, 7) is 8.14. The molecular formula is C54H44Cl2F12SiZr. The van der Waals surface area contributed by atoms with E-state index < -0.39 is 67.8 Å². The van der Waals surface area contributed by atoms with Gasteiger partial charge in [-0.3, -0.25) is 0 Å². The fourth-order valence-electron chi connectivity index (χ4n) is 8.08. The van der Waals surface area contributed by atoms with Gasteiger partial charge in [0.25, 0.3) is 0 Å². The molecule has 0 spiro atoms. The first-order valence-corrected chi connectivity index (χ1v) is 30.0. The van der Waals surface area contributed by atoms with Crippen LogP contribution in [0.4, 0.5) is 52.7 Å². The van der Waals surface area contributed by atoms with Gasteiger partial charge in [0.05, 0.1) is 22.3 Å². The summed E-state index contributed by atoms with van der Waals surface area (Å²) in [5, 5.41) is 2.82. The number of fused-ring (bicyclic) bond motifs is 2. The SMILES string of the molecule is CCCc1ccc2[cH-]c(-c3ccccc3)cc2c1-c1cc(C(F)(F)F)cc(C(F)(F)F)c1.CCCc1ccc2[cH-]c(-c3ccccc3)cc2c1-c1cc(C(F)(F)F)cc(C(F)(F)F)c1.C[Si]C.[Cl][Zr+2][Cl]. The van der Waals surface area contributed by atoms with Gasteiger partial charge < -0.3 is 0 Å². The minimum absolute atomic E-state index is 0.0774. The molecule has 8 rings (SSSR count).